The number of nitrogen functional groups attached to an aromatic ring is 1. The summed E-state index contributed by atoms with van der Waals surface area (Å²) in [5.41, 5.74) is 7.02. The Kier molecular flexibility index (Phi) is 5.08. The third-order valence-electron chi connectivity index (χ3n) is 5.60. The minimum absolute atomic E-state index is 0.222. The van der Waals surface area contributed by atoms with Crippen molar-refractivity contribution in [2.45, 2.75) is 19.1 Å². The number of hydrogen-bond acceptors (Lipinski definition) is 5. The number of nitrogens with two attached hydrogens (primary N) is 1. The number of alkyl halides is 3. The Balaban J connectivity index is 1.51. The molecule has 1 aromatic carbocycles. The van der Waals surface area contributed by atoms with Crippen molar-refractivity contribution < 1.29 is 18.0 Å². The van der Waals surface area contributed by atoms with Crippen LogP contribution in [0.4, 0.5) is 24.7 Å². The Morgan fingerprint density at radius 1 is 1.15 bits per heavy atom. The lowest BCUT2D eigenvalue weighted by atomic mass is 10.1. The third-order valence-corrected chi connectivity index (χ3v) is 5.92. The van der Waals surface area contributed by atoms with Crippen molar-refractivity contribution in [3.05, 3.63) is 65.2 Å². The Labute approximate surface area is 196 Å². The van der Waals surface area contributed by atoms with E-state index in [1.165, 1.54) is 11.0 Å². The highest BCUT2D eigenvalue weighted by atomic mass is 35.5. The van der Waals surface area contributed by atoms with Gasteiger partial charge in [-0.25, -0.2) is 9.97 Å². The molecule has 12 heteroatoms. The zero-order chi connectivity index (χ0) is 24.2. The van der Waals surface area contributed by atoms with Crippen LogP contribution in [-0.4, -0.2) is 37.2 Å². The van der Waals surface area contributed by atoms with Gasteiger partial charge in [-0.15, -0.1) is 0 Å². The van der Waals surface area contributed by atoms with Gasteiger partial charge >= 0.3 is 6.18 Å². The molecule has 3 aromatic heterocycles. The van der Waals surface area contributed by atoms with Gasteiger partial charge in [0.2, 0.25) is 0 Å². The fraction of sp³-hybridized carbons (Fsp3) is 0.182. The van der Waals surface area contributed by atoms with Gasteiger partial charge in [-0.1, -0.05) is 11.6 Å². The van der Waals surface area contributed by atoms with Crippen LogP contribution in [0.25, 0.3) is 22.6 Å². The summed E-state index contributed by atoms with van der Waals surface area (Å²) in [6, 6.07) is 6.46. The first-order valence-electron chi connectivity index (χ1n) is 10.2. The van der Waals surface area contributed by atoms with E-state index in [4.69, 9.17) is 17.3 Å². The number of H-pyrrole nitrogens is 1. The van der Waals surface area contributed by atoms with Crippen molar-refractivity contribution in [1.29, 1.82) is 0 Å². The molecule has 0 saturated carbocycles. The molecule has 1 atom stereocenters. The lowest BCUT2D eigenvalue weighted by molar-refractivity contribution is -0.137. The lowest BCUT2D eigenvalue weighted by Gasteiger charge is -2.32. The van der Waals surface area contributed by atoms with Crippen LogP contribution in [0.2, 0.25) is 5.02 Å². The van der Waals surface area contributed by atoms with Crippen molar-refractivity contribution in [2.24, 2.45) is 0 Å². The number of fused-ring (bicyclic) bond motifs is 1. The summed E-state index contributed by atoms with van der Waals surface area (Å²) in [6.45, 7) is 2.09. The molecular weight excluding hydrogens is 471 g/mol. The molecule has 0 saturated heterocycles. The number of aromatic amines is 1. The van der Waals surface area contributed by atoms with Crippen molar-refractivity contribution >= 4 is 29.0 Å². The second-order valence-electron chi connectivity index (χ2n) is 7.90. The number of pyridine rings is 1. The first kappa shape index (κ1) is 22.0. The number of amides is 1. The van der Waals surface area contributed by atoms with Gasteiger partial charge in [-0.05, 0) is 37.3 Å². The van der Waals surface area contributed by atoms with Gasteiger partial charge in [-0.3, -0.25) is 9.48 Å². The number of halogens is 4. The predicted molar refractivity (Wildman–Crippen MR) is 120 cm³/mol. The Morgan fingerprint density at radius 3 is 2.62 bits per heavy atom. The summed E-state index contributed by atoms with van der Waals surface area (Å²) in [4.78, 5) is 26.4. The number of nitrogens with zero attached hydrogens (tertiary/aromatic N) is 5. The van der Waals surface area contributed by atoms with Crippen molar-refractivity contribution in [1.82, 2.24) is 24.7 Å². The van der Waals surface area contributed by atoms with Gasteiger partial charge in [-0.2, -0.15) is 18.3 Å². The van der Waals surface area contributed by atoms with Crippen LogP contribution in [0.1, 0.15) is 29.0 Å². The first-order chi connectivity index (χ1) is 16.1. The maximum atomic E-state index is 13.5. The van der Waals surface area contributed by atoms with Crippen LogP contribution < -0.4 is 10.6 Å². The van der Waals surface area contributed by atoms with Crippen LogP contribution in [0.15, 0.2) is 48.9 Å². The van der Waals surface area contributed by atoms with E-state index in [-0.39, 0.29) is 18.3 Å². The van der Waals surface area contributed by atoms with Crippen LogP contribution >= 0.6 is 11.6 Å². The number of anilines is 2. The maximum Gasteiger partial charge on any atom is 0.417 e. The number of rotatable bonds is 3. The van der Waals surface area contributed by atoms with E-state index in [0.29, 0.717) is 34.2 Å². The quantitative estimate of drug-likeness (QED) is 0.431. The van der Waals surface area contributed by atoms with Gasteiger partial charge in [0.1, 0.15) is 17.3 Å². The average Bonchev–Trinajstić information content (AvgIpc) is 3.43. The van der Waals surface area contributed by atoms with E-state index in [2.05, 4.69) is 20.1 Å². The van der Waals surface area contributed by atoms with Crippen molar-refractivity contribution in [3.8, 4) is 22.6 Å². The smallest absolute Gasteiger partial charge is 0.384 e. The Bertz CT molecular complexity index is 1390. The zero-order valence-corrected chi connectivity index (χ0v) is 18.4. The number of hydrogen-bond donors (Lipinski definition) is 2. The average molecular weight is 488 g/mol. The van der Waals surface area contributed by atoms with E-state index in [9.17, 15) is 18.0 Å². The van der Waals surface area contributed by atoms with E-state index < -0.39 is 22.7 Å². The summed E-state index contributed by atoms with van der Waals surface area (Å²) in [5.74, 6) is 0.501. The number of imidazole rings is 1. The lowest BCUT2D eigenvalue weighted by Crippen LogP contribution is -2.42. The summed E-state index contributed by atoms with van der Waals surface area (Å²) in [5, 5.41) is 3.90. The molecule has 0 bridgehead atoms. The minimum atomic E-state index is -4.58. The van der Waals surface area contributed by atoms with Crippen LogP contribution in [0, 0.1) is 0 Å². The van der Waals surface area contributed by atoms with Crippen molar-refractivity contribution in [3.63, 3.8) is 0 Å². The van der Waals surface area contributed by atoms with Crippen LogP contribution in [0.5, 0.6) is 0 Å². The van der Waals surface area contributed by atoms with E-state index in [0.717, 1.165) is 12.1 Å². The number of carbonyl (C=O) groups excluding carboxylic acids is 1. The molecule has 8 nitrogen and oxygen atoms in total. The van der Waals surface area contributed by atoms with Gasteiger partial charge in [0, 0.05) is 24.0 Å². The molecule has 1 aliphatic rings. The maximum absolute atomic E-state index is 13.5. The number of aromatic nitrogens is 5. The molecule has 34 heavy (non-hydrogen) atoms. The molecule has 0 unspecified atom stereocenters. The van der Waals surface area contributed by atoms with Crippen molar-refractivity contribution in [2.75, 3.05) is 17.2 Å². The molecule has 0 spiro atoms. The first-order valence-corrected chi connectivity index (χ1v) is 10.5. The Hall–Kier alpha value is -3.86. The summed E-state index contributed by atoms with van der Waals surface area (Å²) in [7, 11) is 0. The number of nitrogens with one attached hydrogen (secondary N) is 1. The fourth-order valence-corrected chi connectivity index (χ4v) is 4.22. The second kappa shape index (κ2) is 7.87. The molecule has 0 aliphatic carbocycles. The molecule has 4 heterocycles. The predicted octanol–water partition coefficient (Wildman–Crippen LogP) is 4.81. The Morgan fingerprint density at radius 2 is 1.94 bits per heavy atom. The molecular formula is C22H17ClF3N7O. The second-order valence-corrected chi connectivity index (χ2v) is 8.30. The molecule has 174 valence electrons. The van der Waals surface area contributed by atoms with Gasteiger partial charge in [0.15, 0.2) is 0 Å². The SMILES string of the molecule is C[C@H]1CN(c2ccc(C(F)(F)F)c(Cl)c2)C(=O)c2c(-c3cnc(-c4ccc(N)nc4)[nH]3)cnn21. The van der Waals surface area contributed by atoms with Gasteiger partial charge in [0.05, 0.1) is 40.3 Å². The van der Waals surface area contributed by atoms with E-state index in [1.54, 1.807) is 35.4 Å². The zero-order valence-electron chi connectivity index (χ0n) is 17.6. The molecule has 4 aromatic rings. The normalized spacial score (nSPS) is 16.1. The van der Waals surface area contributed by atoms with E-state index >= 15 is 0 Å². The minimum Gasteiger partial charge on any atom is -0.384 e. The van der Waals surface area contributed by atoms with Gasteiger partial charge < -0.3 is 15.6 Å². The molecule has 3 N–H and O–H groups in total. The topological polar surface area (TPSA) is 106 Å². The summed E-state index contributed by atoms with van der Waals surface area (Å²) < 4.78 is 40.9. The highest BCUT2D eigenvalue weighted by Gasteiger charge is 2.36. The van der Waals surface area contributed by atoms with Crippen LogP contribution in [-0.2, 0) is 6.18 Å². The highest BCUT2D eigenvalue weighted by Crippen LogP contribution is 2.38. The highest BCUT2D eigenvalue weighted by molar-refractivity contribution is 6.31. The summed E-state index contributed by atoms with van der Waals surface area (Å²) >= 11 is 5.89. The number of benzene rings is 1. The van der Waals surface area contributed by atoms with E-state index in [1.807, 2.05) is 6.92 Å². The third kappa shape index (κ3) is 3.67. The molecule has 5 rings (SSSR count). The monoisotopic (exact) mass is 487 g/mol. The molecule has 0 fully saturated rings. The number of carbonyl (C=O) groups is 1. The largest absolute Gasteiger partial charge is 0.417 e. The molecule has 1 aliphatic heterocycles. The molecule has 1 amide bonds. The standard InChI is InChI=1S/C22H17ClF3N7O/c1-11-10-32(13-3-4-15(16(23)6-13)22(24,25)26)21(34)19-14(8-30-33(11)19)17-9-29-20(31-17)12-2-5-18(27)28-7-12/h2-9,11H,10H2,1H3,(H2,27,28)(H,29,31)/t11-/m0/s1. The fourth-order valence-electron chi connectivity index (χ4n) is 3.93. The van der Waals surface area contributed by atoms with Crippen LogP contribution in [0.3, 0.4) is 0 Å². The van der Waals surface area contributed by atoms with Gasteiger partial charge in [0.25, 0.3) is 5.91 Å². The summed E-state index contributed by atoms with van der Waals surface area (Å²) in [6.07, 6.45) is 0.133. The molecule has 0 radical (unpaired) electrons.